The number of rotatable bonds is 3. The van der Waals surface area contributed by atoms with E-state index in [9.17, 15) is 0 Å². The Kier molecular flexibility index (Phi) is 4.09. The summed E-state index contributed by atoms with van der Waals surface area (Å²) in [5, 5.41) is 0. The number of piperidine rings is 1. The number of methoxy groups -OCH3 is 1. The first-order valence-corrected chi connectivity index (χ1v) is 8.75. The number of hydrogen-bond donors (Lipinski definition) is 0. The Morgan fingerprint density at radius 1 is 1.00 bits per heavy atom. The van der Waals surface area contributed by atoms with Crippen LogP contribution in [0.2, 0.25) is 0 Å². The van der Waals surface area contributed by atoms with Crippen LogP contribution in [0.5, 0.6) is 5.75 Å². The van der Waals surface area contributed by atoms with Crippen LogP contribution in [0.1, 0.15) is 29.5 Å². The smallest absolute Gasteiger partial charge is 0.119 e. The van der Waals surface area contributed by atoms with Crippen molar-refractivity contribution in [1.82, 2.24) is 4.90 Å². The molecule has 2 atom stereocenters. The van der Waals surface area contributed by atoms with Gasteiger partial charge in [0.15, 0.2) is 0 Å². The number of nitrogens with zero attached hydrogens (tertiary/aromatic N) is 1. The van der Waals surface area contributed by atoms with Crippen LogP contribution in [-0.4, -0.2) is 24.6 Å². The van der Waals surface area contributed by atoms with Crippen LogP contribution in [0.3, 0.4) is 0 Å². The predicted molar refractivity (Wildman–Crippen MR) is 93.8 cm³/mol. The van der Waals surface area contributed by atoms with Crippen molar-refractivity contribution in [3.63, 3.8) is 0 Å². The van der Waals surface area contributed by atoms with Gasteiger partial charge >= 0.3 is 0 Å². The lowest BCUT2D eigenvalue weighted by molar-refractivity contribution is 0.0937. The van der Waals surface area contributed by atoms with Crippen LogP contribution in [-0.2, 0) is 19.4 Å². The third kappa shape index (κ3) is 3.13. The first-order valence-electron chi connectivity index (χ1n) is 8.75. The molecule has 2 bridgehead atoms. The van der Waals surface area contributed by atoms with E-state index in [1.54, 1.807) is 18.2 Å². The van der Waals surface area contributed by atoms with Gasteiger partial charge in [-0.1, -0.05) is 36.4 Å². The molecule has 1 saturated heterocycles. The van der Waals surface area contributed by atoms with Crippen LogP contribution in [0.4, 0.5) is 0 Å². The normalized spacial score (nSPS) is 23.9. The fourth-order valence-electron chi connectivity index (χ4n) is 4.30. The van der Waals surface area contributed by atoms with E-state index in [4.69, 9.17) is 4.74 Å². The SMILES string of the molecule is COc1cccc(CN2C[C@H]3CC[C@@H]2Cc2ccccc2C3)c1. The van der Waals surface area contributed by atoms with Crippen molar-refractivity contribution < 1.29 is 4.74 Å². The number of ether oxygens (including phenoxy) is 1. The van der Waals surface area contributed by atoms with Gasteiger partial charge in [-0.25, -0.2) is 0 Å². The molecule has 2 aromatic rings. The quantitative estimate of drug-likeness (QED) is 0.847. The molecule has 5 rings (SSSR count). The monoisotopic (exact) mass is 307 g/mol. The van der Waals surface area contributed by atoms with Crippen LogP contribution >= 0.6 is 0 Å². The second-order valence-corrected chi connectivity index (χ2v) is 7.06. The molecule has 2 aliphatic heterocycles. The molecular formula is C21H25NO. The Bertz CT molecular complexity index is 681. The third-order valence-corrected chi connectivity index (χ3v) is 5.52. The predicted octanol–water partition coefficient (Wildman–Crippen LogP) is 4.07. The summed E-state index contributed by atoms with van der Waals surface area (Å²) in [6.07, 6.45) is 5.17. The Hall–Kier alpha value is -1.80. The standard InChI is InChI=1S/C21H25NO/c1-23-21-8-4-5-16(12-21)14-22-15-17-9-10-20(22)13-19-7-3-2-6-18(19)11-17/h2-8,12,17,20H,9-11,13-15H2,1H3/t17-,20+/m0/s1. The van der Waals surface area contributed by atoms with E-state index in [1.807, 2.05) is 6.07 Å². The van der Waals surface area contributed by atoms with E-state index in [2.05, 4.69) is 47.4 Å². The summed E-state index contributed by atoms with van der Waals surface area (Å²) in [6, 6.07) is 18.3. The highest BCUT2D eigenvalue weighted by atomic mass is 16.5. The fraction of sp³-hybridized carbons (Fsp3) is 0.429. The average Bonchev–Trinajstić information content (AvgIpc) is 2.56. The lowest BCUT2D eigenvalue weighted by atomic mass is 9.80. The Morgan fingerprint density at radius 3 is 2.65 bits per heavy atom. The molecule has 0 N–H and O–H groups in total. The molecule has 3 aliphatic rings. The Labute approximate surface area is 139 Å². The molecule has 120 valence electrons. The van der Waals surface area contributed by atoms with E-state index in [0.717, 1.165) is 18.2 Å². The van der Waals surface area contributed by atoms with Crippen molar-refractivity contribution in [3.8, 4) is 5.75 Å². The number of benzene rings is 2. The molecule has 1 fully saturated rings. The zero-order valence-corrected chi connectivity index (χ0v) is 13.9. The summed E-state index contributed by atoms with van der Waals surface area (Å²) >= 11 is 0. The molecule has 0 spiro atoms. The highest BCUT2D eigenvalue weighted by Crippen LogP contribution is 2.33. The van der Waals surface area contributed by atoms with E-state index < -0.39 is 0 Å². The van der Waals surface area contributed by atoms with Crippen molar-refractivity contribution in [2.24, 2.45) is 5.92 Å². The fourth-order valence-corrected chi connectivity index (χ4v) is 4.30. The van der Waals surface area contributed by atoms with Gasteiger partial charge in [0.1, 0.15) is 5.75 Å². The zero-order chi connectivity index (χ0) is 15.6. The molecule has 2 heterocycles. The summed E-state index contributed by atoms with van der Waals surface area (Å²) in [4.78, 5) is 2.71. The third-order valence-electron chi connectivity index (χ3n) is 5.52. The summed E-state index contributed by atoms with van der Waals surface area (Å²) < 4.78 is 5.38. The second-order valence-electron chi connectivity index (χ2n) is 7.06. The molecular weight excluding hydrogens is 282 g/mol. The van der Waals surface area contributed by atoms with Gasteiger partial charge in [-0.05, 0) is 60.4 Å². The first-order chi connectivity index (χ1) is 11.3. The summed E-state index contributed by atoms with van der Waals surface area (Å²) in [6.45, 7) is 2.27. The Morgan fingerprint density at radius 2 is 1.83 bits per heavy atom. The average molecular weight is 307 g/mol. The maximum Gasteiger partial charge on any atom is 0.119 e. The van der Waals surface area contributed by atoms with Gasteiger partial charge in [0.05, 0.1) is 7.11 Å². The first kappa shape index (κ1) is 14.8. The minimum Gasteiger partial charge on any atom is -0.497 e. The lowest BCUT2D eigenvalue weighted by Crippen LogP contribution is -2.46. The second kappa shape index (κ2) is 6.37. The maximum absolute atomic E-state index is 5.38. The largest absolute Gasteiger partial charge is 0.497 e. The minimum atomic E-state index is 0.680. The summed E-state index contributed by atoms with van der Waals surface area (Å²) in [5.41, 5.74) is 4.52. The van der Waals surface area contributed by atoms with Crippen molar-refractivity contribution >= 4 is 0 Å². The summed E-state index contributed by atoms with van der Waals surface area (Å²) in [7, 11) is 1.74. The van der Waals surface area contributed by atoms with E-state index >= 15 is 0 Å². The maximum atomic E-state index is 5.38. The molecule has 0 aromatic heterocycles. The van der Waals surface area contributed by atoms with Crippen LogP contribution in [0, 0.1) is 5.92 Å². The minimum absolute atomic E-state index is 0.680. The van der Waals surface area contributed by atoms with Gasteiger partial charge in [0, 0.05) is 19.1 Å². The topological polar surface area (TPSA) is 12.5 Å². The molecule has 2 nitrogen and oxygen atoms in total. The van der Waals surface area contributed by atoms with Crippen LogP contribution < -0.4 is 4.74 Å². The van der Waals surface area contributed by atoms with E-state index in [0.29, 0.717) is 6.04 Å². The Balaban J connectivity index is 1.56. The van der Waals surface area contributed by atoms with Crippen molar-refractivity contribution in [2.75, 3.05) is 13.7 Å². The van der Waals surface area contributed by atoms with Crippen molar-refractivity contribution in [1.29, 1.82) is 0 Å². The van der Waals surface area contributed by atoms with Gasteiger partial charge in [-0.2, -0.15) is 0 Å². The van der Waals surface area contributed by atoms with Crippen molar-refractivity contribution in [2.45, 2.75) is 38.3 Å². The van der Waals surface area contributed by atoms with E-state index in [1.165, 1.54) is 37.8 Å². The molecule has 23 heavy (non-hydrogen) atoms. The van der Waals surface area contributed by atoms with Gasteiger partial charge < -0.3 is 4.74 Å². The number of fused-ring (bicyclic) bond motifs is 2. The molecule has 1 aliphatic carbocycles. The van der Waals surface area contributed by atoms with Gasteiger partial charge in [0.2, 0.25) is 0 Å². The molecule has 0 amide bonds. The van der Waals surface area contributed by atoms with Crippen molar-refractivity contribution in [3.05, 3.63) is 65.2 Å². The highest BCUT2D eigenvalue weighted by Gasteiger charge is 2.31. The van der Waals surface area contributed by atoms with Crippen LogP contribution in [0.15, 0.2) is 48.5 Å². The number of hydrogen-bond acceptors (Lipinski definition) is 2. The zero-order valence-electron chi connectivity index (χ0n) is 13.9. The molecule has 0 radical (unpaired) electrons. The molecule has 2 aromatic carbocycles. The summed E-state index contributed by atoms with van der Waals surface area (Å²) in [5.74, 6) is 1.77. The molecule has 0 saturated carbocycles. The molecule has 0 unspecified atom stereocenters. The van der Waals surface area contributed by atoms with Crippen LogP contribution in [0.25, 0.3) is 0 Å². The van der Waals surface area contributed by atoms with Gasteiger partial charge in [-0.15, -0.1) is 0 Å². The highest BCUT2D eigenvalue weighted by molar-refractivity contribution is 5.31. The van der Waals surface area contributed by atoms with Gasteiger partial charge in [0.25, 0.3) is 0 Å². The van der Waals surface area contributed by atoms with Gasteiger partial charge in [-0.3, -0.25) is 4.90 Å². The molecule has 2 heteroatoms. The van der Waals surface area contributed by atoms with E-state index in [-0.39, 0.29) is 0 Å². The lowest BCUT2D eigenvalue weighted by Gasteiger charge is -2.42.